The van der Waals surface area contributed by atoms with Gasteiger partial charge in [-0.15, -0.1) is 11.8 Å². The van der Waals surface area contributed by atoms with Crippen molar-refractivity contribution in [1.82, 2.24) is 5.32 Å². The van der Waals surface area contributed by atoms with Crippen LogP contribution in [0.2, 0.25) is 0 Å². The van der Waals surface area contributed by atoms with Crippen molar-refractivity contribution < 1.29 is 9.59 Å². The maximum absolute atomic E-state index is 12.6. The Kier molecular flexibility index (Phi) is 4.64. The van der Waals surface area contributed by atoms with Gasteiger partial charge in [0.2, 0.25) is 0 Å². The summed E-state index contributed by atoms with van der Waals surface area (Å²) in [6.07, 6.45) is 11.8. The van der Waals surface area contributed by atoms with E-state index in [9.17, 15) is 9.59 Å². The molecule has 1 aromatic rings. The zero-order valence-electron chi connectivity index (χ0n) is 14.6. The minimum absolute atomic E-state index is 0.0101. The first-order valence-corrected chi connectivity index (χ1v) is 10.1. The molecule has 1 aromatic carbocycles. The van der Waals surface area contributed by atoms with Crippen LogP contribution in [0.15, 0.2) is 69.2 Å². The molecule has 0 saturated heterocycles. The Morgan fingerprint density at radius 1 is 1.23 bits per heavy atom. The molecule has 0 radical (unpaired) electrons. The van der Waals surface area contributed by atoms with E-state index in [0.717, 1.165) is 41.8 Å². The van der Waals surface area contributed by atoms with Crippen molar-refractivity contribution in [3.8, 4) is 0 Å². The Morgan fingerprint density at radius 2 is 2.04 bits per heavy atom. The van der Waals surface area contributed by atoms with Crippen molar-refractivity contribution in [2.45, 2.75) is 30.6 Å². The van der Waals surface area contributed by atoms with E-state index in [1.54, 1.807) is 6.07 Å². The van der Waals surface area contributed by atoms with Crippen LogP contribution in [0.5, 0.6) is 0 Å². The number of amides is 2. The quantitative estimate of drug-likeness (QED) is 0.805. The van der Waals surface area contributed by atoms with Gasteiger partial charge in [-0.2, -0.15) is 0 Å². The minimum Gasteiger partial charge on any atom is -0.325 e. The van der Waals surface area contributed by atoms with Crippen LogP contribution in [0.3, 0.4) is 0 Å². The minimum atomic E-state index is -0.260. The number of carbonyl (C=O) groups is 2. The summed E-state index contributed by atoms with van der Waals surface area (Å²) in [5.74, 6) is -0.129. The van der Waals surface area contributed by atoms with Crippen molar-refractivity contribution in [3.63, 3.8) is 0 Å². The van der Waals surface area contributed by atoms with Crippen molar-refractivity contribution in [2.75, 3.05) is 6.26 Å². The number of fused-ring (bicyclic) bond motifs is 2. The van der Waals surface area contributed by atoms with Crippen LogP contribution in [0, 0.1) is 5.92 Å². The molecule has 1 N–H and O–H groups in total. The van der Waals surface area contributed by atoms with Gasteiger partial charge in [-0.1, -0.05) is 18.2 Å². The Morgan fingerprint density at radius 3 is 2.88 bits per heavy atom. The van der Waals surface area contributed by atoms with Gasteiger partial charge < -0.3 is 5.32 Å². The normalized spacial score (nSPS) is 23.3. The molecule has 5 heteroatoms. The maximum Gasteiger partial charge on any atom is 0.278 e. The Hall–Kier alpha value is -2.40. The van der Waals surface area contributed by atoms with E-state index < -0.39 is 0 Å². The van der Waals surface area contributed by atoms with Crippen molar-refractivity contribution in [3.05, 3.63) is 64.9 Å². The van der Waals surface area contributed by atoms with Crippen molar-refractivity contribution >= 4 is 29.3 Å². The second-order valence-corrected chi connectivity index (χ2v) is 7.49. The van der Waals surface area contributed by atoms with Gasteiger partial charge in [-0.3, -0.25) is 9.59 Å². The Bertz CT molecular complexity index is 908. The first kappa shape index (κ1) is 17.0. The van der Waals surface area contributed by atoms with E-state index in [1.807, 2.05) is 36.6 Å². The molecule has 0 saturated carbocycles. The highest BCUT2D eigenvalue weighted by Crippen LogP contribution is 2.38. The van der Waals surface area contributed by atoms with Gasteiger partial charge in [0, 0.05) is 22.1 Å². The summed E-state index contributed by atoms with van der Waals surface area (Å²) in [6, 6.07) is 7.47. The fourth-order valence-corrected chi connectivity index (χ4v) is 4.41. The fourth-order valence-electron chi connectivity index (χ4n) is 3.82. The molecule has 2 aliphatic carbocycles. The molecule has 4 rings (SSSR count). The first-order chi connectivity index (χ1) is 12.7. The lowest BCUT2D eigenvalue weighted by Gasteiger charge is -2.33. The highest BCUT2D eigenvalue weighted by Gasteiger charge is 2.33. The Balaban J connectivity index is 1.64. The van der Waals surface area contributed by atoms with E-state index in [4.69, 9.17) is 0 Å². The zero-order valence-corrected chi connectivity index (χ0v) is 15.4. The number of carbonyl (C=O) groups excluding carboxylic acids is 2. The number of allylic oxidation sites excluding steroid dienone is 3. The van der Waals surface area contributed by atoms with E-state index in [2.05, 4.69) is 16.4 Å². The van der Waals surface area contributed by atoms with Crippen LogP contribution >= 0.6 is 11.8 Å². The molecule has 26 heavy (non-hydrogen) atoms. The molecule has 0 bridgehead atoms. The second-order valence-electron chi connectivity index (χ2n) is 6.64. The average molecular weight is 364 g/mol. The average Bonchev–Trinajstić information content (AvgIpc) is 2.68. The summed E-state index contributed by atoms with van der Waals surface area (Å²) in [4.78, 5) is 30.1. The van der Waals surface area contributed by atoms with Crippen LogP contribution in [-0.2, 0) is 4.79 Å². The third-order valence-corrected chi connectivity index (χ3v) is 5.88. The van der Waals surface area contributed by atoms with Crippen molar-refractivity contribution in [1.29, 1.82) is 0 Å². The van der Waals surface area contributed by atoms with Crippen LogP contribution < -0.4 is 5.32 Å². The molecule has 2 amide bonds. The van der Waals surface area contributed by atoms with E-state index >= 15 is 0 Å². The molecule has 1 unspecified atom stereocenters. The van der Waals surface area contributed by atoms with Gasteiger partial charge in [0.1, 0.15) is 0 Å². The number of hydrogen-bond donors (Lipinski definition) is 1. The first-order valence-electron chi connectivity index (χ1n) is 8.86. The number of nitrogens with zero attached hydrogens (tertiary/aromatic N) is 1. The number of nitrogens with one attached hydrogen (secondary N) is 1. The summed E-state index contributed by atoms with van der Waals surface area (Å²) < 4.78 is 0. The summed E-state index contributed by atoms with van der Waals surface area (Å²) in [7, 11) is 0. The number of thioether (sulfide) groups is 1. The zero-order chi connectivity index (χ0) is 18.1. The van der Waals surface area contributed by atoms with E-state index in [1.165, 1.54) is 17.3 Å². The predicted octanol–water partition coefficient (Wildman–Crippen LogP) is 4.06. The smallest absolute Gasteiger partial charge is 0.278 e. The number of aliphatic imine (C=N–C) groups is 1. The molecule has 0 spiro atoms. The lowest BCUT2D eigenvalue weighted by atomic mass is 9.77. The SMILES string of the molecule is CSc1ccccc1C(=O)N=C1C=CC2C(=C1)NC(=O)C1=C2CCCC1. The molecule has 4 nitrogen and oxygen atoms in total. The molecular formula is C21H20N2O2S. The van der Waals surface area contributed by atoms with E-state index in [0.29, 0.717) is 11.3 Å². The summed E-state index contributed by atoms with van der Waals surface area (Å²) in [6.45, 7) is 0. The van der Waals surface area contributed by atoms with Crippen molar-refractivity contribution in [2.24, 2.45) is 10.9 Å². The van der Waals surface area contributed by atoms with Gasteiger partial charge in [0.15, 0.2) is 0 Å². The molecule has 0 aromatic heterocycles. The topological polar surface area (TPSA) is 58.5 Å². The van der Waals surface area contributed by atoms with Crippen LogP contribution in [0.4, 0.5) is 0 Å². The van der Waals surface area contributed by atoms with Gasteiger partial charge in [-0.05, 0) is 61.8 Å². The molecule has 132 valence electrons. The standard InChI is InChI=1S/C21H20N2O2S/c1-26-19-9-5-4-8-17(19)21(25)22-13-10-11-15-14-6-2-3-7-16(14)20(24)23-18(15)12-13/h4-5,8-12,15H,2-3,6-7H2,1H3,(H,23,24). The number of rotatable bonds is 2. The largest absolute Gasteiger partial charge is 0.325 e. The van der Waals surface area contributed by atoms with Crippen LogP contribution in [0.1, 0.15) is 36.0 Å². The second kappa shape index (κ2) is 7.08. The lowest BCUT2D eigenvalue weighted by Crippen LogP contribution is -2.37. The summed E-state index contributed by atoms with van der Waals surface area (Å²) >= 11 is 1.53. The molecule has 1 heterocycles. The molecule has 3 aliphatic rings. The molecule has 0 fully saturated rings. The van der Waals surface area contributed by atoms with Crippen LogP contribution in [-0.4, -0.2) is 23.8 Å². The predicted molar refractivity (Wildman–Crippen MR) is 104 cm³/mol. The summed E-state index contributed by atoms with van der Waals surface area (Å²) in [5, 5.41) is 3.00. The molecule has 1 atom stereocenters. The van der Waals surface area contributed by atoms with Gasteiger partial charge in [0.05, 0.1) is 11.3 Å². The monoisotopic (exact) mass is 364 g/mol. The molecule has 1 aliphatic heterocycles. The molecular weight excluding hydrogens is 344 g/mol. The van der Waals surface area contributed by atoms with Gasteiger partial charge in [0.25, 0.3) is 11.8 Å². The highest BCUT2D eigenvalue weighted by molar-refractivity contribution is 7.98. The Labute approximate surface area is 157 Å². The third kappa shape index (κ3) is 3.07. The maximum atomic E-state index is 12.6. The van der Waals surface area contributed by atoms with Gasteiger partial charge >= 0.3 is 0 Å². The lowest BCUT2D eigenvalue weighted by molar-refractivity contribution is -0.117. The summed E-state index contributed by atoms with van der Waals surface area (Å²) in [5.41, 5.74) is 4.21. The van der Waals surface area contributed by atoms with Crippen LogP contribution in [0.25, 0.3) is 0 Å². The van der Waals surface area contributed by atoms with Gasteiger partial charge in [-0.25, -0.2) is 4.99 Å². The fraction of sp³-hybridized carbons (Fsp3) is 0.286. The number of benzene rings is 1. The number of hydrogen-bond acceptors (Lipinski definition) is 3. The highest BCUT2D eigenvalue weighted by atomic mass is 32.2. The third-order valence-electron chi connectivity index (χ3n) is 5.08. The van der Waals surface area contributed by atoms with E-state index in [-0.39, 0.29) is 17.7 Å².